The van der Waals surface area contributed by atoms with Gasteiger partial charge in [-0.3, -0.25) is 14.5 Å². The second-order valence-electron chi connectivity index (χ2n) is 6.46. The average molecular weight is 374 g/mol. The van der Waals surface area contributed by atoms with Gasteiger partial charge in [0.2, 0.25) is 11.8 Å². The highest BCUT2D eigenvalue weighted by molar-refractivity contribution is 5.78. The van der Waals surface area contributed by atoms with Gasteiger partial charge in [-0.05, 0) is 24.3 Å². The van der Waals surface area contributed by atoms with Gasteiger partial charge in [-0.15, -0.1) is 0 Å². The number of halogens is 1. The third-order valence-electron chi connectivity index (χ3n) is 4.61. The molecular formula is C19H23FN4O3. The van der Waals surface area contributed by atoms with Crippen LogP contribution < -0.4 is 5.32 Å². The number of aryl methyl sites for hydroxylation is 1. The molecule has 0 atom stereocenters. The van der Waals surface area contributed by atoms with Gasteiger partial charge in [0.15, 0.2) is 11.7 Å². The van der Waals surface area contributed by atoms with E-state index in [1.54, 1.807) is 25.4 Å². The predicted molar refractivity (Wildman–Crippen MR) is 97.3 cm³/mol. The van der Waals surface area contributed by atoms with Crippen molar-refractivity contribution in [3.05, 3.63) is 42.2 Å². The zero-order valence-electron chi connectivity index (χ0n) is 15.3. The lowest BCUT2D eigenvalue weighted by atomic mass is 10.2. The zero-order valence-corrected chi connectivity index (χ0v) is 15.3. The first-order valence-electron chi connectivity index (χ1n) is 8.96. The van der Waals surface area contributed by atoms with Crippen LogP contribution in [0.5, 0.6) is 0 Å². The van der Waals surface area contributed by atoms with Gasteiger partial charge in [0.1, 0.15) is 5.82 Å². The average Bonchev–Trinajstić information content (AvgIpc) is 3.16. The Morgan fingerprint density at radius 3 is 2.56 bits per heavy atom. The lowest BCUT2D eigenvalue weighted by Gasteiger charge is -2.34. The molecule has 0 aliphatic carbocycles. The topological polar surface area (TPSA) is 78.7 Å². The van der Waals surface area contributed by atoms with Gasteiger partial charge >= 0.3 is 0 Å². The monoisotopic (exact) mass is 374 g/mol. The summed E-state index contributed by atoms with van der Waals surface area (Å²) < 4.78 is 18.7. The summed E-state index contributed by atoms with van der Waals surface area (Å²) in [6, 6.07) is 5.99. The highest BCUT2D eigenvalue weighted by atomic mass is 19.1. The second-order valence-corrected chi connectivity index (χ2v) is 6.46. The number of oxazole rings is 1. The maximum absolute atomic E-state index is 13.0. The Balaban J connectivity index is 1.46. The van der Waals surface area contributed by atoms with Gasteiger partial charge in [-0.25, -0.2) is 9.37 Å². The van der Waals surface area contributed by atoms with Crippen molar-refractivity contribution < 1.29 is 18.4 Å². The van der Waals surface area contributed by atoms with E-state index >= 15 is 0 Å². The minimum Gasteiger partial charge on any atom is -0.441 e. The fraction of sp³-hybridized carbons (Fsp3) is 0.421. The van der Waals surface area contributed by atoms with Crippen molar-refractivity contribution in [3.8, 4) is 11.3 Å². The fourth-order valence-electron chi connectivity index (χ4n) is 2.98. The molecule has 144 valence electrons. The van der Waals surface area contributed by atoms with Crippen LogP contribution in [0.4, 0.5) is 4.39 Å². The number of hydrogen-bond donors (Lipinski definition) is 1. The number of benzene rings is 1. The van der Waals surface area contributed by atoms with E-state index < -0.39 is 0 Å². The van der Waals surface area contributed by atoms with Crippen molar-refractivity contribution in [2.45, 2.75) is 12.8 Å². The molecule has 1 aliphatic heterocycles. The van der Waals surface area contributed by atoms with Crippen molar-refractivity contribution >= 4 is 11.8 Å². The van der Waals surface area contributed by atoms with Crippen LogP contribution in [0.2, 0.25) is 0 Å². The number of rotatable bonds is 6. The maximum Gasteiger partial charge on any atom is 0.233 e. The van der Waals surface area contributed by atoms with Crippen molar-refractivity contribution in [1.82, 2.24) is 20.1 Å². The predicted octanol–water partition coefficient (Wildman–Crippen LogP) is 1.30. The molecule has 2 aromatic rings. The maximum atomic E-state index is 13.0. The summed E-state index contributed by atoms with van der Waals surface area (Å²) in [5.41, 5.74) is 0.744. The molecule has 27 heavy (non-hydrogen) atoms. The molecule has 1 aromatic heterocycles. The molecule has 0 spiro atoms. The van der Waals surface area contributed by atoms with Crippen molar-refractivity contribution in [2.24, 2.45) is 0 Å². The Labute approximate surface area is 157 Å². The highest BCUT2D eigenvalue weighted by Gasteiger charge is 2.22. The SMILES string of the molecule is CNC(=O)CN1CCN(C(=O)CCc2ncc(-c3ccc(F)cc3)o2)CC1. The summed E-state index contributed by atoms with van der Waals surface area (Å²) in [5, 5.41) is 2.60. The van der Waals surface area contributed by atoms with E-state index in [0.29, 0.717) is 57.2 Å². The first kappa shape index (κ1) is 19.0. The molecule has 1 N–H and O–H groups in total. The summed E-state index contributed by atoms with van der Waals surface area (Å²) in [6.07, 6.45) is 2.32. The summed E-state index contributed by atoms with van der Waals surface area (Å²) in [7, 11) is 1.62. The van der Waals surface area contributed by atoms with E-state index in [-0.39, 0.29) is 17.6 Å². The van der Waals surface area contributed by atoms with E-state index in [1.165, 1.54) is 12.1 Å². The first-order valence-corrected chi connectivity index (χ1v) is 8.96. The van der Waals surface area contributed by atoms with Crippen molar-refractivity contribution in [1.29, 1.82) is 0 Å². The Hall–Kier alpha value is -2.74. The van der Waals surface area contributed by atoms with E-state index in [9.17, 15) is 14.0 Å². The number of nitrogens with one attached hydrogen (secondary N) is 1. The number of carbonyl (C=O) groups is 2. The summed E-state index contributed by atoms with van der Waals surface area (Å²) in [5.74, 6) is 0.771. The quantitative estimate of drug-likeness (QED) is 0.825. The number of piperazine rings is 1. The zero-order chi connectivity index (χ0) is 19.2. The van der Waals surface area contributed by atoms with Crippen LogP contribution >= 0.6 is 0 Å². The molecule has 1 saturated heterocycles. The Morgan fingerprint density at radius 1 is 1.19 bits per heavy atom. The largest absolute Gasteiger partial charge is 0.441 e. The van der Waals surface area contributed by atoms with Crippen LogP contribution in [0.15, 0.2) is 34.9 Å². The van der Waals surface area contributed by atoms with Crippen molar-refractivity contribution in [3.63, 3.8) is 0 Å². The molecule has 0 unspecified atom stereocenters. The molecule has 3 rings (SSSR count). The van der Waals surface area contributed by atoms with Crippen LogP contribution in [0, 0.1) is 5.82 Å². The van der Waals surface area contributed by atoms with Gasteiger partial charge in [-0.2, -0.15) is 0 Å². The standard InChI is InChI=1S/C19H23FN4O3/c1-21-17(25)13-23-8-10-24(11-9-23)19(26)7-6-18-22-12-16(27-18)14-2-4-15(20)5-3-14/h2-5,12H,6-11,13H2,1H3,(H,21,25). The third kappa shape index (κ3) is 5.13. The molecular weight excluding hydrogens is 351 g/mol. The lowest BCUT2D eigenvalue weighted by molar-refractivity contribution is -0.133. The number of amides is 2. The Morgan fingerprint density at radius 2 is 1.89 bits per heavy atom. The van der Waals surface area contributed by atoms with Crippen LogP contribution in [0.3, 0.4) is 0 Å². The van der Waals surface area contributed by atoms with E-state index in [1.807, 2.05) is 9.80 Å². The van der Waals surface area contributed by atoms with E-state index in [0.717, 1.165) is 5.56 Å². The van der Waals surface area contributed by atoms with Crippen LogP contribution in [0.25, 0.3) is 11.3 Å². The summed E-state index contributed by atoms with van der Waals surface area (Å²) >= 11 is 0. The van der Waals surface area contributed by atoms with Crippen LogP contribution in [-0.4, -0.2) is 66.4 Å². The van der Waals surface area contributed by atoms with Crippen LogP contribution in [-0.2, 0) is 16.0 Å². The molecule has 8 heteroatoms. The third-order valence-corrected chi connectivity index (χ3v) is 4.61. The Bertz CT molecular complexity index is 783. The molecule has 1 fully saturated rings. The number of aromatic nitrogens is 1. The molecule has 0 bridgehead atoms. The smallest absolute Gasteiger partial charge is 0.233 e. The lowest BCUT2D eigenvalue weighted by Crippen LogP contribution is -2.50. The van der Waals surface area contributed by atoms with Crippen LogP contribution in [0.1, 0.15) is 12.3 Å². The van der Waals surface area contributed by atoms with Gasteiger partial charge in [-0.1, -0.05) is 0 Å². The molecule has 0 saturated carbocycles. The molecule has 1 aromatic carbocycles. The molecule has 1 aliphatic rings. The second kappa shape index (κ2) is 8.77. The van der Waals surface area contributed by atoms with E-state index in [2.05, 4.69) is 10.3 Å². The van der Waals surface area contributed by atoms with Crippen molar-refractivity contribution in [2.75, 3.05) is 39.8 Å². The van der Waals surface area contributed by atoms with E-state index in [4.69, 9.17) is 4.42 Å². The Kier molecular flexibility index (Phi) is 6.18. The first-order chi connectivity index (χ1) is 13.0. The summed E-state index contributed by atoms with van der Waals surface area (Å²) in [6.45, 7) is 2.96. The molecule has 7 nitrogen and oxygen atoms in total. The molecule has 0 radical (unpaired) electrons. The van der Waals surface area contributed by atoms with Gasteiger partial charge in [0, 0.05) is 51.6 Å². The summed E-state index contributed by atoms with van der Waals surface area (Å²) in [4.78, 5) is 31.8. The molecule has 2 amide bonds. The van der Waals surface area contributed by atoms with Gasteiger partial charge in [0.25, 0.3) is 0 Å². The number of carbonyl (C=O) groups excluding carboxylic acids is 2. The number of nitrogens with zero attached hydrogens (tertiary/aromatic N) is 3. The minimum atomic E-state index is -0.306. The van der Waals surface area contributed by atoms with Gasteiger partial charge in [0.05, 0.1) is 12.7 Å². The highest BCUT2D eigenvalue weighted by Crippen LogP contribution is 2.21. The van der Waals surface area contributed by atoms with Gasteiger partial charge < -0.3 is 14.6 Å². The normalized spacial score (nSPS) is 15.0. The fourth-order valence-corrected chi connectivity index (χ4v) is 2.98. The number of likely N-dealkylation sites (N-methyl/N-ethyl adjacent to an activating group) is 1. The number of hydrogen-bond acceptors (Lipinski definition) is 5. The minimum absolute atomic E-state index is 0.0179. The molecule has 2 heterocycles.